The molecule has 2 heterocycles. The number of nitrogens with one attached hydrogen (secondary N) is 1. The number of benzene rings is 2. The molecule has 10 heteroatoms. The van der Waals surface area contributed by atoms with Gasteiger partial charge in [0.15, 0.2) is 5.82 Å². The first kappa shape index (κ1) is 18.3. The fraction of sp³-hybridized carbons (Fsp3) is 0.105. The number of hydrogen-bond acceptors (Lipinski definition) is 9. The molecule has 146 valence electrons. The van der Waals surface area contributed by atoms with Gasteiger partial charge in [0.05, 0.1) is 13.5 Å². The van der Waals surface area contributed by atoms with Crippen molar-refractivity contribution in [3.8, 4) is 17.2 Å². The zero-order valence-corrected chi connectivity index (χ0v) is 15.3. The minimum atomic E-state index is -0.380. The molecule has 0 saturated carbocycles. The summed E-state index contributed by atoms with van der Waals surface area (Å²) in [5.74, 6) is 1.58. The molecule has 4 aromatic rings. The number of halogens is 1. The highest BCUT2D eigenvalue weighted by Gasteiger charge is 2.13. The maximum atomic E-state index is 13.4. The molecule has 0 fully saturated rings. The van der Waals surface area contributed by atoms with Crippen molar-refractivity contribution in [2.24, 2.45) is 0 Å². The average Bonchev–Trinajstić information content (AvgIpc) is 3.16. The van der Waals surface area contributed by atoms with Crippen LogP contribution in [0, 0.1) is 5.82 Å². The number of aromatic nitrogens is 5. The minimum Gasteiger partial charge on any atom is -0.497 e. The van der Waals surface area contributed by atoms with Gasteiger partial charge in [-0.2, -0.15) is 19.9 Å². The maximum absolute atomic E-state index is 13.4. The first-order valence-electron chi connectivity index (χ1n) is 8.59. The zero-order chi connectivity index (χ0) is 20.2. The predicted octanol–water partition coefficient (Wildman–Crippen LogP) is 2.99. The number of rotatable bonds is 6. The van der Waals surface area contributed by atoms with Crippen LogP contribution in [0.2, 0.25) is 0 Å². The molecule has 9 nitrogen and oxygen atoms in total. The largest absolute Gasteiger partial charge is 0.497 e. The number of anilines is 3. The van der Waals surface area contributed by atoms with Crippen molar-refractivity contribution in [1.82, 2.24) is 25.1 Å². The van der Waals surface area contributed by atoms with Crippen molar-refractivity contribution in [1.29, 1.82) is 0 Å². The molecule has 2 aromatic carbocycles. The van der Waals surface area contributed by atoms with Gasteiger partial charge in [-0.05, 0) is 36.4 Å². The van der Waals surface area contributed by atoms with Gasteiger partial charge < -0.3 is 20.3 Å². The Morgan fingerprint density at radius 1 is 1.03 bits per heavy atom. The number of ether oxygens (including phenoxy) is 1. The topological polar surface area (TPSA) is 125 Å². The summed E-state index contributed by atoms with van der Waals surface area (Å²) in [6.07, 6.45) is 0.179. The standard InChI is InChI=1S/C19H16FN7O2/c1-28-14-7-2-4-11(8-14)17-23-16(27-29-17)10-15-24-18(21)26-19(25-15)22-13-6-3-5-12(20)9-13/h2-9H,10H2,1H3,(H3,21,22,24,25,26). The van der Waals surface area contributed by atoms with Gasteiger partial charge in [0.25, 0.3) is 5.89 Å². The normalized spacial score (nSPS) is 10.7. The molecule has 2 aromatic heterocycles. The van der Waals surface area contributed by atoms with Crippen LogP contribution in [-0.4, -0.2) is 32.2 Å². The van der Waals surface area contributed by atoms with E-state index in [1.165, 1.54) is 12.1 Å². The van der Waals surface area contributed by atoms with Gasteiger partial charge >= 0.3 is 0 Å². The van der Waals surface area contributed by atoms with Crippen LogP contribution in [0.15, 0.2) is 53.1 Å². The van der Waals surface area contributed by atoms with E-state index >= 15 is 0 Å². The second kappa shape index (κ2) is 7.89. The van der Waals surface area contributed by atoms with Crippen LogP contribution in [0.3, 0.4) is 0 Å². The van der Waals surface area contributed by atoms with Crippen molar-refractivity contribution in [2.75, 3.05) is 18.2 Å². The van der Waals surface area contributed by atoms with E-state index in [0.717, 1.165) is 5.56 Å². The third-order valence-electron chi connectivity index (χ3n) is 3.88. The Morgan fingerprint density at radius 3 is 2.72 bits per heavy atom. The summed E-state index contributed by atoms with van der Waals surface area (Å²) in [4.78, 5) is 16.8. The lowest BCUT2D eigenvalue weighted by molar-refractivity contribution is 0.412. The first-order chi connectivity index (χ1) is 14.1. The second-order valence-electron chi connectivity index (χ2n) is 5.99. The zero-order valence-electron chi connectivity index (χ0n) is 15.3. The molecule has 0 radical (unpaired) electrons. The van der Waals surface area contributed by atoms with Crippen LogP contribution in [0.4, 0.5) is 22.0 Å². The summed E-state index contributed by atoms with van der Waals surface area (Å²) in [7, 11) is 1.58. The Bertz CT molecular complexity index is 1150. The van der Waals surface area contributed by atoms with Crippen molar-refractivity contribution in [2.45, 2.75) is 6.42 Å². The van der Waals surface area contributed by atoms with Gasteiger partial charge in [0, 0.05) is 11.3 Å². The Labute approximate surface area is 164 Å². The van der Waals surface area contributed by atoms with Crippen LogP contribution < -0.4 is 15.8 Å². The molecule has 0 bridgehead atoms. The SMILES string of the molecule is COc1cccc(-c2nc(Cc3nc(N)nc(Nc4cccc(F)c4)n3)no2)c1. The Kier molecular flexibility index (Phi) is 4.97. The highest BCUT2D eigenvalue weighted by Crippen LogP contribution is 2.22. The van der Waals surface area contributed by atoms with Crippen LogP contribution in [0.1, 0.15) is 11.6 Å². The predicted molar refractivity (Wildman–Crippen MR) is 103 cm³/mol. The van der Waals surface area contributed by atoms with E-state index in [2.05, 4.69) is 30.4 Å². The van der Waals surface area contributed by atoms with Crippen LogP contribution in [0.25, 0.3) is 11.5 Å². The molecule has 3 N–H and O–H groups in total. The smallest absolute Gasteiger partial charge is 0.258 e. The van der Waals surface area contributed by atoms with Crippen LogP contribution >= 0.6 is 0 Å². The first-order valence-corrected chi connectivity index (χ1v) is 8.59. The lowest BCUT2D eigenvalue weighted by Gasteiger charge is -2.06. The van der Waals surface area contributed by atoms with Gasteiger partial charge in [0.1, 0.15) is 17.4 Å². The van der Waals surface area contributed by atoms with Crippen LogP contribution in [0.5, 0.6) is 5.75 Å². The lowest BCUT2D eigenvalue weighted by atomic mass is 10.2. The highest BCUT2D eigenvalue weighted by atomic mass is 19.1. The molecular weight excluding hydrogens is 377 g/mol. The minimum absolute atomic E-state index is 0.0189. The Morgan fingerprint density at radius 2 is 1.90 bits per heavy atom. The fourth-order valence-corrected chi connectivity index (χ4v) is 2.61. The van der Waals surface area contributed by atoms with E-state index in [9.17, 15) is 4.39 Å². The molecule has 4 rings (SSSR count). The number of nitrogen functional groups attached to an aromatic ring is 1. The summed E-state index contributed by atoms with van der Waals surface area (Å²) < 4.78 is 23.9. The van der Waals surface area contributed by atoms with E-state index in [4.69, 9.17) is 15.0 Å². The van der Waals surface area contributed by atoms with Crippen molar-refractivity contribution >= 4 is 17.6 Å². The van der Waals surface area contributed by atoms with Crippen LogP contribution in [-0.2, 0) is 6.42 Å². The molecule has 29 heavy (non-hydrogen) atoms. The van der Waals surface area contributed by atoms with E-state index in [1.807, 2.05) is 18.2 Å². The summed E-state index contributed by atoms with van der Waals surface area (Å²) in [5, 5.41) is 6.86. The van der Waals surface area contributed by atoms with E-state index in [0.29, 0.717) is 29.0 Å². The monoisotopic (exact) mass is 393 g/mol. The molecular formula is C19H16FN7O2. The van der Waals surface area contributed by atoms with Gasteiger partial charge in [0.2, 0.25) is 11.9 Å². The maximum Gasteiger partial charge on any atom is 0.258 e. The number of nitrogens with zero attached hydrogens (tertiary/aromatic N) is 5. The van der Waals surface area contributed by atoms with Crippen molar-refractivity contribution in [3.05, 3.63) is 66.0 Å². The number of nitrogens with two attached hydrogens (primary N) is 1. The Balaban J connectivity index is 1.54. The summed E-state index contributed by atoms with van der Waals surface area (Å²) in [5.41, 5.74) is 6.99. The van der Waals surface area contributed by atoms with Gasteiger partial charge in [-0.15, -0.1) is 0 Å². The molecule has 0 aliphatic carbocycles. The quantitative estimate of drug-likeness (QED) is 0.508. The average molecular weight is 393 g/mol. The highest BCUT2D eigenvalue weighted by molar-refractivity contribution is 5.56. The van der Waals surface area contributed by atoms with Crippen molar-refractivity contribution < 1.29 is 13.7 Å². The van der Waals surface area contributed by atoms with E-state index in [-0.39, 0.29) is 24.1 Å². The lowest BCUT2D eigenvalue weighted by Crippen LogP contribution is -2.08. The third kappa shape index (κ3) is 4.43. The second-order valence-corrected chi connectivity index (χ2v) is 5.99. The molecule has 0 amide bonds. The van der Waals surface area contributed by atoms with Gasteiger partial charge in [-0.1, -0.05) is 17.3 Å². The summed E-state index contributed by atoms with van der Waals surface area (Å²) in [6, 6.07) is 13.2. The van der Waals surface area contributed by atoms with E-state index < -0.39 is 0 Å². The molecule has 0 atom stereocenters. The molecule has 0 spiro atoms. The molecule has 0 aliphatic heterocycles. The third-order valence-corrected chi connectivity index (χ3v) is 3.88. The van der Waals surface area contributed by atoms with E-state index in [1.54, 1.807) is 25.3 Å². The number of methoxy groups -OCH3 is 1. The van der Waals surface area contributed by atoms with Crippen molar-refractivity contribution in [3.63, 3.8) is 0 Å². The van der Waals surface area contributed by atoms with Gasteiger partial charge in [-0.25, -0.2) is 4.39 Å². The molecule has 0 unspecified atom stereocenters. The number of hydrogen-bond donors (Lipinski definition) is 2. The van der Waals surface area contributed by atoms with Gasteiger partial charge in [-0.3, -0.25) is 0 Å². The fourth-order valence-electron chi connectivity index (χ4n) is 2.61. The molecule has 0 saturated heterocycles. The Hall–Kier alpha value is -4.08. The molecule has 0 aliphatic rings. The summed E-state index contributed by atoms with van der Waals surface area (Å²) >= 11 is 0. The summed E-state index contributed by atoms with van der Waals surface area (Å²) in [6.45, 7) is 0.